The van der Waals surface area contributed by atoms with E-state index in [1.54, 1.807) is 61.8 Å². The number of halogens is 1. The lowest BCUT2D eigenvalue weighted by molar-refractivity contribution is -0.113. The van der Waals surface area contributed by atoms with Gasteiger partial charge < -0.3 is 25.1 Å². The average Bonchev–Trinajstić information content (AvgIpc) is 3.26. The van der Waals surface area contributed by atoms with Crippen molar-refractivity contribution in [2.45, 2.75) is 0 Å². The van der Waals surface area contributed by atoms with E-state index in [0.29, 0.717) is 33.3 Å². The van der Waals surface area contributed by atoms with Gasteiger partial charge in [0.25, 0.3) is 11.8 Å². The van der Waals surface area contributed by atoms with Crippen LogP contribution in [0, 0.1) is 0 Å². The number of rotatable bonds is 7. The highest BCUT2D eigenvalue weighted by Gasteiger charge is 2.18. The molecule has 1 aromatic heterocycles. The Bertz CT molecular complexity index is 1380. The number of carbonyl (C=O) groups is 2. The molecular formula is C26H22ClN3O4. The van der Waals surface area contributed by atoms with Crippen LogP contribution in [0.1, 0.15) is 15.9 Å². The second kappa shape index (κ2) is 10.1. The third kappa shape index (κ3) is 5.05. The molecule has 0 saturated heterocycles. The molecule has 8 heteroatoms. The second-order valence-corrected chi connectivity index (χ2v) is 7.77. The Balaban J connectivity index is 1.73. The minimum Gasteiger partial charge on any atom is -0.497 e. The largest absolute Gasteiger partial charge is 0.497 e. The fourth-order valence-electron chi connectivity index (χ4n) is 3.43. The van der Waals surface area contributed by atoms with E-state index >= 15 is 0 Å². The Kier molecular flexibility index (Phi) is 6.85. The molecule has 0 saturated carbocycles. The van der Waals surface area contributed by atoms with Gasteiger partial charge in [-0.25, -0.2) is 0 Å². The lowest BCUT2D eigenvalue weighted by Crippen LogP contribution is -2.30. The van der Waals surface area contributed by atoms with Crippen LogP contribution >= 0.6 is 11.6 Å². The van der Waals surface area contributed by atoms with Crippen molar-refractivity contribution in [1.82, 2.24) is 10.3 Å². The third-order valence-electron chi connectivity index (χ3n) is 5.16. The quantitative estimate of drug-likeness (QED) is 0.318. The number of amides is 2. The van der Waals surface area contributed by atoms with Crippen LogP contribution in [0.3, 0.4) is 0 Å². The highest BCUT2D eigenvalue weighted by Crippen LogP contribution is 2.29. The summed E-state index contributed by atoms with van der Waals surface area (Å²) in [5, 5.41) is 6.77. The maximum atomic E-state index is 13.3. The Morgan fingerprint density at radius 3 is 2.50 bits per heavy atom. The van der Waals surface area contributed by atoms with Crippen molar-refractivity contribution in [2.75, 3.05) is 19.5 Å². The van der Waals surface area contributed by atoms with Crippen molar-refractivity contribution in [2.24, 2.45) is 0 Å². The van der Waals surface area contributed by atoms with Crippen LogP contribution in [0.25, 0.3) is 17.0 Å². The fourth-order valence-corrected chi connectivity index (χ4v) is 3.61. The van der Waals surface area contributed by atoms with Crippen molar-refractivity contribution >= 4 is 46.1 Å². The second-order valence-electron chi connectivity index (χ2n) is 7.33. The van der Waals surface area contributed by atoms with E-state index in [2.05, 4.69) is 15.6 Å². The van der Waals surface area contributed by atoms with Gasteiger partial charge in [0.2, 0.25) is 0 Å². The normalized spacial score (nSPS) is 11.2. The van der Waals surface area contributed by atoms with E-state index in [9.17, 15) is 9.59 Å². The van der Waals surface area contributed by atoms with Gasteiger partial charge in [0.15, 0.2) is 0 Å². The van der Waals surface area contributed by atoms with Gasteiger partial charge in [-0.15, -0.1) is 0 Å². The number of methoxy groups -OCH3 is 2. The monoisotopic (exact) mass is 475 g/mol. The molecule has 0 atom stereocenters. The molecule has 0 spiro atoms. The first-order valence-corrected chi connectivity index (χ1v) is 10.7. The lowest BCUT2D eigenvalue weighted by Gasteiger charge is -2.14. The van der Waals surface area contributed by atoms with E-state index < -0.39 is 11.8 Å². The molecule has 3 aromatic carbocycles. The summed E-state index contributed by atoms with van der Waals surface area (Å²) < 4.78 is 10.6. The van der Waals surface area contributed by atoms with Crippen LogP contribution in [0.15, 0.2) is 78.6 Å². The van der Waals surface area contributed by atoms with E-state index in [1.807, 2.05) is 24.3 Å². The van der Waals surface area contributed by atoms with Crippen LogP contribution in [-0.4, -0.2) is 31.0 Å². The van der Waals surface area contributed by atoms with Crippen LogP contribution < -0.4 is 20.1 Å². The number of hydrogen-bond acceptors (Lipinski definition) is 4. The Labute approximate surface area is 201 Å². The summed E-state index contributed by atoms with van der Waals surface area (Å²) in [6.07, 6.45) is 3.36. The fraction of sp³-hybridized carbons (Fsp3) is 0.0769. The number of carbonyl (C=O) groups excluding carboxylic acids is 2. The van der Waals surface area contributed by atoms with Crippen molar-refractivity contribution in [1.29, 1.82) is 0 Å². The number of nitrogens with one attached hydrogen (secondary N) is 3. The maximum absolute atomic E-state index is 13.3. The first-order valence-electron chi connectivity index (χ1n) is 10.4. The number of hydrogen-bond donors (Lipinski definition) is 3. The van der Waals surface area contributed by atoms with Gasteiger partial charge in [0, 0.05) is 33.2 Å². The van der Waals surface area contributed by atoms with Gasteiger partial charge in [0.1, 0.15) is 17.2 Å². The number of anilines is 1. The van der Waals surface area contributed by atoms with E-state index in [1.165, 1.54) is 7.11 Å². The Morgan fingerprint density at radius 1 is 0.971 bits per heavy atom. The molecule has 0 aliphatic rings. The number of ether oxygens (including phenoxy) is 2. The molecule has 0 aliphatic heterocycles. The first-order chi connectivity index (χ1) is 16.5. The van der Waals surface area contributed by atoms with Crippen molar-refractivity contribution in [3.8, 4) is 11.5 Å². The van der Waals surface area contributed by atoms with Crippen LogP contribution in [-0.2, 0) is 4.79 Å². The lowest BCUT2D eigenvalue weighted by atomic mass is 10.1. The van der Waals surface area contributed by atoms with Crippen molar-refractivity contribution in [3.05, 3.63) is 94.8 Å². The Hall–Kier alpha value is -4.23. The summed E-state index contributed by atoms with van der Waals surface area (Å²) in [5.41, 5.74) is 2.39. The standard InChI is InChI=1S/C26H22ClN3O4/c1-33-19-9-10-21-20(14-19)17(15-28-21)12-23(30-25(31)16-6-4-3-5-7-16)26(32)29-22-13-18(27)8-11-24(22)34-2/h3-15,28H,1-2H3,(H,29,32)(H,30,31)/b23-12-. The summed E-state index contributed by atoms with van der Waals surface area (Å²) in [6, 6.07) is 19.1. The first kappa shape index (κ1) is 22.9. The summed E-state index contributed by atoms with van der Waals surface area (Å²) in [4.78, 5) is 29.4. The third-order valence-corrected chi connectivity index (χ3v) is 5.39. The minimum absolute atomic E-state index is 0.0413. The summed E-state index contributed by atoms with van der Waals surface area (Å²) in [6.45, 7) is 0. The number of benzene rings is 3. The minimum atomic E-state index is -0.540. The summed E-state index contributed by atoms with van der Waals surface area (Å²) in [7, 11) is 3.08. The van der Waals surface area contributed by atoms with E-state index in [0.717, 1.165) is 10.9 Å². The van der Waals surface area contributed by atoms with Crippen molar-refractivity contribution < 1.29 is 19.1 Å². The van der Waals surface area contributed by atoms with Crippen LogP contribution in [0.2, 0.25) is 5.02 Å². The molecule has 0 aliphatic carbocycles. The molecule has 0 fully saturated rings. The van der Waals surface area contributed by atoms with Gasteiger partial charge in [-0.3, -0.25) is 9.59 Å². The molecule has 34 heavy (non-hydrogen) atoms. The molecule has 172 valence electrons. The molecular weight excluding hydrogens is 454 g/mol. The number of aromatic nitrogens is 1. The molecule has 3 N–H and O–H groups in total. The van der Waals surface area contributed by atoms with Gasteiger partial charge in [-0.2, -0.15) is 0 Å². The number of aromatic amines is 1. The van der Waals surface area contributed by atoms with E-state index in [4.69, 9.17) is 21.1 Å². The Morgan fingerprint density at radius 2 is 1.76 bits per heavy atom. The molecule has 1 heterocycles. The molecule has 7 nitrogen and oxygen atoms in total. The topological polar surface area (TPSA) is 92.5 Å². The van der Waals surface area contributed by atoms with Crippen molar-refractivity contribution in [3.63, 3.8) is 0 Å². The molecule has 0 bridgehead atoms. The predicted molar refractivity (Wildman–Crippen MR) is 133 cm³/mol. The SMILES string of the molecule is COc1ccc2[nH]cc(/C=C(\NC(=O)c3ccccc3)C(=O)Nc3cc(Cl)ccc3OC)c2c1. The summed E-state index contributed by atoms with van der Waals surface area (Å²) in [5.74, 6) is 0.146. The molecule has 0 unspecified atom stereocenters. The van der Waals surface area contributed by atoms with E-state index in [-0.39, 0.29) is 5.70 Å². The highest BCUT2D eigenvalue weighted by molar-refractivity contribution is 6.31. The molecule has 0 radical (unpaired) electrons. The molecule has 2 amide bonds. The maximum Gasteiger partial charge on any atom is 0.272 e. The smallest absolute Gasteiger partial charge is 0.272 e. The molecule has 4 aromatic rings. The highest BCUT2D eigenvalue weighted by atomic mass is 35.5. The van der Waals surface area contributed by atoms with Gasteiger partial charge in [-0.05, 0) is 54.6 Å². The van der Waals surface area contributed by atoms with Gasteiger partial charge in [-0.1, -0.05) is 29.8 Å². The number of H-pyrrole nitrogens is 1. The number of fused-ring (bicyclic) bond motifs is 1. The zero-order valence-electron chi connectivity index (χ0n) is 18.5. The zero-order valence-corrected chi connectivity index (χ0v) is 19.3. The summed E-state index contributed by atoms with van der Waals surface area (Å²) >= 11 is 6.10. The molecule has 4 rings (SSSR count). The van der Waals surface area contributed by atoms with Gasteiger partial charge >= 0.3 is 0 Å². The predicted octanol–water partition coefficient (Wildman–Crippen LogP) is 5.25. The van der Waals surface area contributed by atoms with Gasteiger partial charge in [0.05, 0.1) is 19.9 Å². The zero-order chi connectivity index (χ0) is 24.1. The average molecular weight is 476 g/mol. The van der Waals surface area contributed by atoms with Crippen LogP contribution in [0.5, 0.6) is 11.5 Å². The van der Waals surface area contributed by atoms with Crippen LogP contribution in [0.4, 0.5) is 5.69 Å².